The zero-order chi connectivity index (χ0) is 48.7. The molecule has 6 aliphatic rings. The number of nitrogens with one attached hydrogen (secondary N) is 3. The summed E-state index contributed by atoms with van der Waals surface area (Å²) < 4.78 is 58.0. The first-order valence-electron chi connectivity index (χ1n) is 25.1. The standard InChI is InChI=1S/C53H62FN7O8S/c1-31(2)36-7-4-5-8-37(36)38-9-6-10-43(38)60-29-53(30-60)19-21-59(22-20-53)34-13-14-39(45(23-34)69-47-26-40-41(54)27-55-50(40)57-48(47)33-11-12-33)51(62)58-70(66,67)35-24-44(61(64)65)49-46(25-35)68-28-42(56-49)32-15-17-52(3,63)18-16-32/h4-5,7-8,13-14,23-27,31-33,38,42-43,56,63H,6,9-12,15-22,28-30H2,1-3H3,(H,55,57)(H,58,62)/t32?,38-,42-,43-,52?/m1/s1. The number of carbonyl (C=O) groups excluding carboxylic acids is 1. The van der Waals surface area contributed by atoms with Gasteiger partial charge in [-0.1, -0.05) is 44.5 Å². The van der Waals surface area contributed by atoms with Crippen LogP contribution in [0, 0.1) is 27.3 Å². The van der Waals surface area contributed by atoms with Crippen molar-refractivity contribution in [2.75, 3.05) is 43.0 Å². The molecule has 11 rings (SSSR count). The Morgan fingerprint density at radius 1 is 1.00 bits per heavy atom. The molecule has 15 nitrogen and oxygen atoms in total. The van der Waals surface area contributed by atoms with Crippen molar-refractivity contribution in [1.82, 2.24) is 19.6 Å². The van der Waals surface area contributed by atoms with E-state index in [0.717, 1.165) is 63.6 Å². The van der Waals surface area contributed by atoms with Crippen LogP contribution in [0.3, 0.4) is 0 Å². The first kappa shape index (κ1) is 46.6. The number of hydrogen-bond acceptors (Lipinski definition) is 12. The van der Waals surface area contributed by atoms with Crippen molar-refractivity contribution in [1.29, 1.82) is 0 Å². The smallest absolute Gasteiger partial charge is 0.297 e. The van der Waals surface area contributed by atoms with Gasteiger partial charge in [0.1, 0.15) is 29.6 Å². The maximum absolute atomic E-state index is 15.0. The fourth-order valence-electron chi connectivity index (χ4n) is 12.3. The normalized spacial score (nSPS) is 25.5. The molecule has 4 N–H and O–H groups in total. The van der Waals surface area contributed by atoms with E-state index < -0.39 is 42.9 Å². The number of hydrogen-bond donors (Lipinski definition) is 4. The number of nitro groups is 1. The summed E-state index contributed by atoms with van der Waals surface area (Å²) in [6.07, 6.45) is 11.2. The van der Waals surface area contributed by atoms with E-state index in [9.17, 15) is 28.4 Å². The minimum atomic E-state index is -4.72. The summed E-state index contributed by atoms with van der Waals surface area (Å²) in [4.78, 5) is 38.2. The first-order valence-corrected chi connectivity index (χ1v) is 26.6. The highest BCUT2D eigenvalue weighted by Crippen LogP contribution is 2.50. The number of pyridine rings is 1. The van der Waals surface area contributed by atoms with Gasteiger partial charge in [0, 0.05) is 68.2 Å². The summed E-state index contributed by atoms with van der Waals surface area (Å²) in [7, 11) is -4.72. The van der Waals surface area contributed by atoms with E-state index >= 15 is 4.39 Å². The summed E-state index contributed by atoms with van der Waals surface area (Å²) in [6.45, 7) is 10.2. The Kier molecular flexibility index (Phi) is 11.9. The largest absolute Gasteiger partial charge is 0.489 e. The number of fused-ring (bicyclic) bond motifs is 2. The molecule has 17 heteroatoms. The molecule has 3 aromatic carbocycles. The molecule has 1 spiro atoms. The number of halogens is 1. The van der Waals surface area contributed by atoms with Gasteiger partial charge >= 0.3 is 0 Å². The van der Waals surface area contributed by atoms with Crippen LogP contribution in [0.5, 0.6) is 17.2 Å². The fraction of sp³-hybridized carbons (Fsp3) is 0.509. The van der Waals surface area contributed by atoms with Crippen molar-refractivity contribution in [2.45, 2.75) is 132 Å². The molecule has 0 bridgehead atoms. The van der Waals surface area contributed by atoms with E-state index in [1.807, 2.05) is 0 Å². The number of aromatic nitrogens is 2. The number of piperidine rings is 1. The maximum atomic E-state index is 15.0. The number of carbonyl (C=O) groups is 1. The lowest BCUT2D eigenvalue weighted by Crippen LogP contribution is -2.63. The lowest BCUT2D eigenvalue weighted by molar-refractivity contribution is -0.384. The molecule has 1 amide bonds. The molecule has 0 unspecified atom stereocenters. The molecule has 2 saturated heterocycles. The summed E-state index contributed by atoms with van der Waals surface area (Å²) >= 11 is 0. The van der Waals surface area contributed by atoms with Gasteiger partial charge in [0.15, 0.2) is 11.4 Å². The minimum Gasteiger partial charge on any atom is -0.489 e. The van der Waals surface area contributed by atoms with E-state index in [2.05, 4.69) is 62.9 Å². The molecular weight excluding hydrogens is 914 g/mol. The molecule has 3 saturated carbocycles. The van der Waals surface area contributed by atoms with Crippen LogP contribution in [-0.2, 0) is 10.0 Å². The number of benzene rings is 3. The monoisotopic (exact) mass is 975 g/mol. The van der Waals surface area contributed by atoms with Gasteiger partial charge in [0.25, 0.3) is 21.6 Å². The highest BCUT2D eigenvalue weighted by Gasteiger charge is 2.50. The van der Waals surface area contributed by atoms with Gasteiger partial charge in [0.2, 0.25) is 0 Å². The number of anilines is 2. The van der Waals surface area contributed by atoms with Crippen molar-refractivity contribution < 1.29 is 37.1 Å². The summed E-state index contributed by atoms with van der Waals surface area (Å²) in [6, 6.07) is 18.0. The van der Waals surface area contributed by atoms with Gasteiger partial charge in [0.05, 0.1) is 38.1 Å². The number of sulfonamides is 1. The summed E-state index contributed by atoms with van der Waals surface area (Å²) in [5.74, 6) is -0.0206. The van der Waals surface area contributed by atoms with Crippen LogP contribution in [0.2, 0.25) is 0 Å². The van der Waals surface area contributed by atoms with E-state index in [1.165, 1.54) is 48.7 Å². The topological polar surface area (TPSA) is 192 Å². The average molecular weight is 976 g/mol. The number of amides is 1. The number of ether oxygens (including phenoxy) is 2. The van der Waals surface area contributed by atoms with E-state index in [-0.39, 0.29) is 63.8 Å². The van der Waals surface area contributed by atoms with Gasteiger partial charge in [-0.3, -0.25) is 19.8 Å². The van der Waals surface area contributed by atoms with Gasteiger partial charge in [-0.25, -0.2) is 22.5 Å². The number of aromatic amines is 1. The van der Waals surface area contributed by atoms with Gasteiger partial charge < -0.3 is 29.8 Å². The predicted molar refractivity (Wildman–Crippen MR) is 264 cm³/mol. The van der Waals surface area contributed by atoms with Crippen LogP contribution in [-0.4, -0.2) is 89.7 Å². The number of rotatable bonds is 12. The second kappa shape index (κ2) is 17.8. The molecule has 3 atom stereocenters. The Hall–Kier alpha value is -5.78. The molecular formula is C53H62FN7O8S. The zero-order valence-corrected chi connectivity index (χ0v) is 40.8. The van der Waals surface area contributed by atoms with E-state index in [0.29, 0.717) is 54.9 Å². The molecule has 370 valence electrons. The molecule has 70 heavy (non-hydrogen) atoms. The Morgan fingerprint density at radius 2 is 1.76 bits per heavy atom. The predicted octanol–water partition coefficient (Wildman–Crippen LogP) is 9.87. The molecule has 5 heterocycles. The Labute approximate surface area is 407 Å². The van der Waals surface area contributed by atoms with Gasteiger partial charge in [-0.2, -0.15) is 0 Å². The van der Waals surface area contributed by atoms with Crippen LogP contribution in [0.1, 0.15) is 136 Å². The number of likely N-dealkylation sites (tertiary alicyclic amines) is 1. The van der Waals surface area contributed by atoms with Crippen molar-refractivity contribution in [3.8, 4) is 17.2 Å². The van der Waals surface area contributed by atoms with Crippen molar-refractivity contribution in [2.24, 2.45) is 11.3 Å². The third kappa shape index (κ3) is 8.86. The zero-order valence-electron chi connectivity index (χ0n) is 40.0. The second-order valence-electron chi connectivity index (χ2n) is 21.6. The van der Waals surface area contributed by atoms with Crippen LogP contribution in [0.25, 0.3) is 11.0 Å². The van der Waals surface area contributed by atoms with Crippen molar-refractivity contribution in [3.63, 3.8) is 0 Å². The van der Waals surface area contributed by atoms with Gasteiger partial charge in [-0.15, -0.1) is 0 Å². The Morgan fingerprint density at radius 3 is 2.49 bits per heavy atom. The third-order valence-electron chi connectivity index (χ3n) is 16.4. The second-order valence-corrected chi connectivity index (χ2v) is 23.3. The summed E-state index contributed by atoms with van der Waals surface area (Å²) in [5.41, 5.74) is 3.67. The third-order valence-corrected chi connectivity index (χ3v) is 17.8. The Bertz CT molecular complexity index is 2970. The van der Waals surface area contributed by atoms with Crippen LogP contribution in [0.15, 0.2) is 71.8 Å². The average Bonchev–Trinajstić information content (AvgIpc) is 3.96. The van der Waals surface area contributed by atoms with Crippen molar-refractivity contribution >= 4 is 44.0 Å². The van der Waals surface area contributed by atoms with Crippen LogP contribution < -0.4 is 24.4 Å². The molecule has 5 aromatic rings. The van der Waals surface area contributed by atoms with Crippen molar-refractivity contribution in [3.05, 3.63) is 105 Å². The number of nitrogens with zero attached hydrogens (tertiary/aromatic N) is 4. The lowest BCUT2D eigenvalue weighted by Gasteiger charge is -2.57. The highest BCUT2D eigenvalue weighted by molar-refractivity contribution is 7.90. The number of aliphatic hydroxyl groups is 1. The van der Waals surface area contributed by atoms with E-state index in [1.54, 1.807) is 25.1 Å². The Balaban J connectivity index is 0.838. The fourth-order valence-corrected chi connectivity index (χ4v) is 13.3. The van der Waals surface area contributed by atoms with E-state index in [4.69, 9.17) is 14.5 Å². The first-order chi connectivity index (χ1) is 33.5. The maximum Gasteiger partial charge on any atom is 0.297 e. The molecule has 0 radical (unpaired) electrons. The molecule has 5 fully saturated rings. The quantitative estimate of drug-likeness (QED) is 0.0685. The number of nitro benzene ring substituents is 1. The van der Waals surface area contributed by atoms with Gasteiger partial charge in [-0.05, 0) is 124 Å². The van der Waals surface area contributed by atoms with Crippen LogP contribution in [0.4, 0.5) is 21.5 Å². The molecule has 2 aromatic heterocycles. The summed E-state index contributed by atoms with van der Waals surface area (Å²) in [5, 5.41) is 26.4. The van der Waals surface area contributed by atoms with Crippen LogP contribution >= 0.6 is 0 Å². The lowest BCUT2D eigenvalue weighted by atomic mass is 9.70. The molecule has 3 aliphatic carbocycles. The SMILES string of the molecule is CC(C)c1ccccc1[C@H]1CCC[C@H]1N1CC2(CCN(c3ccc(C(=O)NS(=O)(=O)c4cc5c(c([N+](=O)[O-])c4)N[C@@H](C4CCC(C)(O)CC4)CO5)c(Oc4cc5c(F)c[nH]c5nc4C4CC4)c3)CC2)C1. The molecule has 3 aliphatic heterocycles. The minimum absolute atomic E-state index is 0.0185. The highest BCUT2D eigenvalue weighted by atomic mass is 32.2. The number of H-pyrrole nitrogens is 1.